The minimum atomic E-state index is 0.560. The molecular weight excluding hydrogens is 336 g/mol. The number of methoxy groups -OCH3 is 1. The third kappa shape index (κ3) is 3.88. The third-order valence-electron chi connectivity index (χ3n) is 2.88. The number of benzene rings is 1. The van der Waals surface area contributed by atoms with Crippen LogP contribution in [-0.2, 0) is 17.9 Å². The van der Waals surface area contributed by atoms with Gasteiger partial charge in [-0.05, 0) is 19.0 Å². The Bertz CT molecular complexity index is 557. The number of aromatic nitrogens is 1. The van der Waals surface area contributed by atoms with E-state index in [1.165, 1.54) is 4.88 Å². The van der Waals surface area contributed by atoms with Gasteiger partial charge in [-0.15, -0.1) is 11.3 Å². The van der Waals surface area contributed by atoms with Crippen LogP contribution in [-0.4, -0.2) is 18.6 Å². The van der Waals surface area contributed by atoms with E-state index >= 15 is 0 Å². The van der Waals surface area contributed by atoms with Crippen molar-refractivity contribution in [2.24, 2.45) is 0 Å². The maximum absolute atomic E-state index is 5.26. The summed E-state index contributed by atoms with van der Waals surface area (Å²) < 4.78 is 6.33. The van der Waals surface area contributed by atoms with Crippen molar-refractivity contribution in [1.82, 2.24) is 10.3 Å². The highest BCUT2D eigenvalue weighted by atomic mass is 79.9. The van der Waals surface area contributed by atoms with Crippen molar-refractivity contribution in [2.75, 3.05) is 13.7 Å². The molecule has 20 heavy (non-hydrogen) atoms. The number of halogens is 1. The van der Waals surface area contributed by atoms with E-state index in [-0.39, 0.29) is 0 Å². The van der Waals surface area contributed by atoms with Gasteiger partial charge in [0.2, 0.25) is 0 Å². The minimum absolute atomic E-state index is 0.560. The van der Waals surface area contributed by atoms with Crippen LogP contribution in [0.5, 0.6) is 0 Å². The molecule has 1 aromatic heterocycles. The maximum Gasteiger partial charge on any atom is 0.125 e. The van der Waals surface area contributed by atoms with Crippen molar-refractivity contribution in [3.05, 3.63) is 39.3 Å². The van der Waals surface area contributed by atoms with Gasteiger partial charge >= 0.3 is 0 Å². The molecule has 0 aliphatic carbocycles. The lowest BCUT2D eigenvalue weighted by atomic mass is 10.2. The van der Waals surface area contributed by atoms with Gasteiger partial charge < -0.3 is 10.1 Å². The molecule has 0 aliphatic heterocycles. The molecule has 0 atom stereocenters. The number of ether oxygens (including phenoxy) is 1. The number of nitrogens with zero attached hydrogens (tertiary/aromatic N) is 1. The van der Waals surface area contributed by atoms with Crippen molar-refractivity contribution in [2.45, 2.75) is 26.5 Å². The molecule has 0 saturated carbocycles. The molecule has 2 aromatic rings. The Hall–Kier alpha value is -0.750. The standard InChI is InChI=1S/C15H19BrN2OS/c1-3-8-17-9-14-13(10-19-2)18-15(20-14)11-6-4-5-7-12(11)16/h4-7,17H,3,8-10H2,1-2H3. The second-order valence-corrected chi connectivity index (χ2v) is 6.42. The van der Waals surface area contributed by atoms with Gasteiger partial charge in [0.15, 0.2) is 0 Å². The summed E-state index contributed by atoms with van der Waals surface area (Å²) in [6.07, 6.45) is 1.13. The highest BCUT2D eigenvalue weighted by molar-refractivity contribution is 9.10. The number of hydrogen-bond donors (Lipinski definition) is 1. The summed E-state index contributed by atoms with van der Waals surface area (Å²) in [5.41, 5.74) is 2.17. The summed E-state index contributed by atoms with van der Waals surface area (Å²) >= 11 is 5.32. The van der Waals surface area contributed by atoms with Gasteiger partial charge in [-0.2, -0.15) is 0 Å². The molecule has 0 spiro atoms. The molecule has 108 valence electrons. The van der Waals surface area contributed by atoms with E-state index in [0.29, 0.717) is 6.61 Å². The van der Waals surface area contributed by atoms with Crippen LogP contribution in [0.25, 0.3) is 10.6 Å². The predicted octanol–water partition coefficient (Wildman–Crippen LogP) is 4.22. The number of nitrogens with one attached hydrogen (secondary N) is 1. The Morgan fingerprint density at radius 3 is 2.85 bits per heavy atom. The Morgan fingerprint density at radius 1 is 1.35 bits per heavy atom. The smallest absolute Gasteiger partial charge is 0.125 e. The van der Waals surface area contributed by atoms with E-state index in [0.717, 1.165) is 40.2 Å². The zero-order valence-electron chi connectivity index (χ0n) is 11.8. The van der Waals surface area contributed by atoms with Gasteiger partial charge in [-0.25, -0.2) is 4.98 Å². The van der Waals surface area contributed by atoms with Crippen LogP contribution in [0.15, 0.2) is 28.7 Å². The predicted molar refractivity (Wildman–Crippen MR) is 88.0 cm³/mol. The molecule has 0 saturated heterocycles. The average molecular weight is 355 g/mol. The van der Waals surface area contributed by atoms with Crippen molar-refractivity contribution in [3.8, 4) is 10.6 Å². The average Bonchev–Trinajstić information content (AvgIpc) is 2.83. The lowest BCUT2D eigenvalue weighted by molar-refractivity contribution is 0.181. The van der Waals surface area contributed by atoms with E-state index in [1.807, 2.05) is 18.2 Å². The Kier molecular flexibility index (Phi) is 6.16. The first-order chi connectivity index (χ1) is 9.76. The maximum atomic E-state index is 5.26. The first kappa shape index (κ1) is 15.6. The fourth-order valence-electron chi connectivity index (χ4n) is 1.90. The zero-order chi connectivity index (χ0) is 14.4. The quantitative estimate of drug-likeness (QED) is 0.755. The molecule has 0 aliphatic rings. The summed E-state index contributed by atoms with van der Waals surface area (Å²) in [6, 6.07) is 8.18. The van der Waals surface area contributed by atoms with Crippen molar-refractivity contribution in [1.29, 1.82) is 0 Å². The molecule has 2 rings (SSSR count). The highest BCUT2D eigenvalue weighted by Crippen LogP contribution is 2.33. The summed E-state index contributed by atoms with van der Waals surface area (Å²) in [5.74, 6) is 0. The van der Waals surface area contributed by atoms with Crippen LogP contribution in [0, 0.1) is 0 Å². The SMILES string of the molecule is CCCNCc1sc(-c2ccccc2Br)nc1COC. The van der Waals surface area contributed by atoms with Crippen molar-refractivity contribution in [3.63, 3.8) is 0 Å². The topological polar surface area (TPSA) is 34.2 Å². The molecule has 1 heterocycles. The molecule has 0 fully saturated rings. The van der Waals surface area contributed by atoms with Crippen molar-refractivity contribution >= 4 is 27.3 Å². The molecule has 5 heteroatoms. The Balaban J connectivity index is 2.26. The van der Waals surface area contributed by atoms with Gasteiger partial charge in [0, 0.05) is 28.6 Å². The van der Waals surface area contributed by atoms with E-state index in [4.69, 9.17) is 9.72 Å². The van der Waals surface area contributed by atoms with E-state index < -0.39 is 0 Å². The monoisotopic (exact) mass is 354 g/mol. The zero-order valence-corrected chi connectivity index (χ0v) is 14.2. The fraction of sp³-hybridized carbons (Fsp3) is 0.400. The van der Waals surface area contributed by atoms with Gasteiger partial charge in [0.25, 0.3) is 0 Å². The van der Waals surface area contributed by atoms with Gasteiger partial charge in [0.05, 0.1) is 12.3 Å². The number of hydrogen-bond acceptors (Lipinski definition) is 4. The second-order valence-electron chi connectivity index (χ2n) is 4.48. The Morgan fingerprint density at radius 2 is 2.15 bits per heavy atom. The van der Waals surface area contributed by atoms with E-state index in [9.17, 15) is 0 Å². The lowest BCUT2D eigenvalue weighted by Gasteiger charge is -2.02. The van der Waals surface area contributed by atoms with Crippen LogP contribution in [0.2, 0.25) is 0 Å². The van der Waals surface area contributed by atoms with E-state index in [2.05, 4.69) is 34.2 Å². The van der Waals surface area contributed by atoms with Crippen LogP contribution in [0.1, 0.15) is 23.9 Å². The van der Waals surface area contributed by atoms with Crippen LogP contribution < -0.4 is 5.32 Å². The first-order valence-corrected chi connectivity index (χ1v) is 8.30. The molecule has 0 radical (unpaired) electrons. The summed E-state index contributed by atoms with van der Waals surface area (Å²) in [4.78, 5) is 5.99. The summed E-state index contributed by atoms with van der Waals surface area (Å²) in [7, 11) is 1.71. The molecule has 0 unspecified atom stereocenters. The summed E-state index contributed by atoms with van der Waals surface area (Å²) in [6.45, 7) is 4.61. The lowest BCUT2D eigenvalue weighted by Crippen LogP contribution is -2.14. The van der Waals surface area contributed by atoms with Crippen LogP contribution in [0.3, 0.4) is 0 Å². The third-order valence-corrected chi connectivity index (χ3v) is 4.70. The van der Waals surface area contributed by atoms with Gasteiger partial charge in [-0.1, -0.05) is 41.1 Å². The number of thiazole rings is 1. The largest absolute Gasteiger partial charge is 0.378 e. The first-order valence-electron chi connectivity index (χ1n) is 6.69. The van der Waals surface area contributed by atoms with Crippen molar-refractivity contribution < 1.29 is 4.74 Å². The fourth-order valence-corrected chi connectivity index (χ4v) is 3.58. The Labute approximate surface area is 132 Å². The minimum Gasteiger partial charge on any atom is -0.378 e. The molecule has 3 nitrogen and oxygen atoms in total. The summed E-state index contributed by atoms with van der Waals surface area (Å²) in [5, 5.41) is 4.47. The van der Waals surface area contributed by atoms with E-state index in [1.54, 1.807) is 18.4 Å². The molecule has 1 N–H and O–H groups in total. The van der Waals surface area contributed by atoms with Gasteiger partial charge in [0.1, 0.15) is 5.01 Å². The van der Waals surface area contributed by atoms with Crippen LogP contribution in [0.4, 0.5) is 0 Å². The van der Waals surface area contributed by atoms with Gasteiger partial charge in [-0.3, -0.25) is 0 Å². The molecule has 0 bridgehead atoms. The highest BCUT2D eigenvalue weighted by Gasteiger charge is 2.13. The normalized spacial score (nSPS) is 10.9. The molecule has 0 amide bonds. The second kappa shape index (κ2) is 7.88. The molecule has 1 aromatic carbocycles. The number of rotatable bonds is 7. The van der Waals surface area contributed by atoms with Crippen LogP contribution >= 0.6 is 27.3 Å². The molecular formula is C15H19BrN2OS.